The first-order chi connectivity index (χ1) is 8.78. The number of hydrogen-bond acceptors (Lipinski definition) is 5. The summed E-state index contributed by atoms with van der Waals surface area (Å²) in [5.41, 5.74) is 0.608. The van der Waals surface area contributed by atoms with Gasteiger partial charge in [-0.3, -0.25) is 14.8 Å². The number of nitro groups is 1. The van der Waals surface area contributed by atoms with E-state index in [2.05, 4.69) is 21.0 Å². The van der Waals surface area contributed by atoms with Gasteiger partial charge in [-0.15, -0.1) is 0 Å². The first-order valence-electron chi connectivity index (χ1n) is 5.25. The number of hydrogen-bond donors (Lipinski definition) is 0. The van der Waals surface area contributed by atoms with E-state index in [-0.39, 0.29) is 18.0 Å². The molecule has 19 heavy (non-hydrogen) atoms. The molecule has 1 aromatic carbocycles. The van der Waals surface area contributed by atoms with Gasteiger partial charge in [-0.1, -0.05) is 0 Å². The number of rotatable bonds is 4. The molecule has 0 N–H and O–H groups in total. The van der Waals surface area contributed by atoms with Crippen molar-refractivity contribution in [3.63, 3.8) is 0 Å². The van der Waals surface area contributed by atoms with Crippen LogP contribution in [-0.2, 0) is 16.4 Å². The van der Waals surface area contributed by atoms with Crippen molar-refractivity contribution in [1.29, 1.82) is 0 Å². The normalized spacial score (nSPS) is 11.9. The van der Waals surface area contributed by atoms with Crippen LogP contribution >= 0.6 is 15.9 Å². The van der Waals surface area contributed by atoms with Crippen LogP contribution in [0.4, 0.5) is 5.69 Å². The average molecular weight is 348 g/mol. The summed E-state index contributed by atoms with van der Waals surface area (Å²) in [6, 6.07) is 2.98. The summed E-state index contributed by atoms with van der Waals surface area (Å²) < 4.78 is 24.1. The van der Waals surface area contributed by atoms with Crippen LogP contribution in [0.2, 0.25) is 0 Å². The molecule has 0 aliphatic rings. The van der Waals surface area contributed by atoms with E-state index in [1.165, 1.54) is 16.9 Å². The molecule has 0 saturated heterocycles. The minimum atomic E-state index is -3.08. The zero-order chi connectivity index (χ0) is 14.2. The van der Waals surface area contributed by atoms with Gasteiger partial charge in [0.15, 0.2) is 0 Å². The van der Waals surface area contributed by atoms with Crippen LogP contribution in [0.5, 0.6) is 0 Å². The molecule has 2 aromatic rings. The summed E-state index contributed by atoms with van der Waals surface area (Å²) in [5.74, 6) is -0.0294. The summed E-state index contributed by atoms with van der Waals surface area (Å²) in [5, 5.41) is 15.4. The zero-order valence-electron chi connectivity index (χ0n) is 9.91. The maximum atomic E-state index is 11.1. The van der Waals surface area contributed by atoms with Crippen LogP contribution in [0.1, 0.15) is 0 Å². The minimum Gasteiger partial charge on any atom is -0.264 e. The molecule has 0 radical (unpaired) electrons. The summed E-state index contributed by atoms with van der Waals surface area (Å²) in [6.45, 7) is 0.215. The van der Waals surface area contributed by atoms with Crippen LogP contribution in [0.25, 0.3) is 10.9 Å². The van der Waals surface area contributed by atoms with Crippen molar-refractivity contribution in [2.24, 2.45) is 0 Å². The summed E-state index contributed by atoms with van der Waals surface area (Å²) in [7, 11) is -3.08. The molecule has 1 heterocycles. The maximum absolute atomic E-state index is 11.1. The van der Waals surface area contributed by atoms with E-state index in [9.17, 15) is 18.5 Å². The quantitative estimate of drug-likeness (QED) is 0.620. The van der Waals surface area contributed by atoms with Gasteiger partial charge in [0.1, 0.15) is 9.84 Å². The largest absolute Gasteiger partial charge is 0.284 e. The molecule has 0 aliphatic carbocycles. The second-order valence-corrected chi connectivity index (χ2v) is 7.23. The number of aryl methyl sites for hydroxylation is 1. The lowest BCUT2D eigenvalue weighted by Gasteiger charge is -2.03. The molecule has 0 fully saturated rings. The molecule has 0 aliphatic heterocycles. The van der Waals surface area contributed by atoms with Crippen LogP contribution in [0.15, 0.2) is 22.8 Å². The van der Waals surface area contributed by atoms with E-state index >= 15 is 0 Å². The first-order valence-corrected chi connectivity index (χ1v) is 8.10. The van der Waals surface area contributed by atoms with Gasteiger partial charge in [0.2, 0.25) is 0 Å². The maximum Gasteiger partial charge on any atom is 0.284 e. The molecule has 2 rings (SSSR count). The van der Waals surface area contributed by atoms with Crippen molar-refractivity contribution in [3.05, 3.63) is 32.9 Å². The molecule has 0 atom stereocenters. The molecule has 0 bridgehead atoms. The van der Waals surface area contributed by atoms with Gasteiger partial charge in [-0.25, -0.2) is 8.42 Å². The fraction of sp³-hybridized carbons (Fsp3) is 0.300. The van der Waals surface area contributed by atoms with Gasteiger partial charge in [0, 0.05) is 17.7 Å². The van der Waals surface area contributed by atoms with Crippen LogP contribution in [-0.4, -0.2) is 35.1 Å². The van der Waals surface area contributed by atoms with E-state index in [1.54, 1.807) is 6.07 Å². The predicted octanol–water partition coefficient (Wildman–Crippen LogP) is 1.75. The lowest BCUT2D eigenvalue weighted by Crippen LogP contribution is -2.12. The van der Waals surface area contributed by atoms with Gasteiger partial charge >= 0.3 is 0 Å². The van der Waals surface area contributed by atoms with E-state index < -0.39 is 14.8 Å². The van der Waals surface area contributed by atoms with E-state index in [0.29, 0.717) is 15.4 Å². The molecular formula is C10H10BrN3O4S. The Balaban J connectivity index is 2.44. The molecule has 0 spiro atoms. The predicted molar refractivity (Wildman–Crippen MR) is 73.8 cm³/mol. The molecule has 102 valence electrons. The molecule has 0 amide bonds. The lowest BCUT2D eigenvalue weighted by atomic mass is 10.2. The summed E-state index contributed by atoms with van der Waals surface area (Å²) in [6.07, 6.45) is 2.64. The number of fused-ring (bicyclic) bond motifs is 1. The van der Waals surface area contributed by atoms with E-state index in [1.807, 2.05) is 0 Å². The highest BCUT2D eigenvalue weighted by Gasteiger charge is 2.16. The molecule has 1 aromatic heterocycles. The Morgan fingerprint density at radius 3 is 2.74 bits per heavy atom. The molecule has 0 saturated carbocycles. The van der Waals surface area contributed by atoms with Crippen molar-refractivity contribution < 1.29 is 13.3 Å². The first kappa shape index (κ1) is 13.9. The number of halogens is 1. The monoisotopic (exact) mass is 347 g/mol. The highest BCUT2D eigenvalue weighted by atomic mass is 79.9. The van der Waals surface area contributed by atoms with Gasteiger partial charge in [0.25, 0.3) is 5.69 Å². The van der Waals surface area contributed by atoms with Gasteiger partial charge in [0.05, 0.1) is 33.4 Å². The average Bonchev–Trinajstić information content (AvgIpc) is 2.66. The topological polar surface area (TPSA) is 95.1 Å². The van der Waals surface area contributed by atoms with Gasteiger partial charge in [-0.05, 0) is 22.0 Å². The standard InChI is InChI=1S/C10H10BrN3O4S/c1-19(17,18)3-2-13-9-5-8(11)10(14(15)16)4-7(9)6-12-13/h4-6H,2-3H2,1H3. The van der Waals surface area contributed by atoms with Crippen LogP contribution in [0, 0.1) is 10.1 Å². The van der Waals surface area contributed by atoms with Gasteiger partial charge < -0.3 is 0 Å². The third kappa shape index (κ3) is 3.10. The SMILES string of the molecule is CS(=O)(=O)CCn1ncc2cc([N+](=O)[O-])c(Br)cc21. The van der Waals surface area contributed by atoms with Crippen molar-refractivity contribution in [3.8, 4) is 0 Å². The highest BCUT2D eigenvalue weighted by molar-refractivity contribution is 9.10. The van der Waals surface area contributed by atoms with Crippen molar-refractivity contribution >= 4 is 42.4 Å². The number of sulfone groups is 1. The highest BCUT2D eigenvalue weighted by Crippen LogP contribution is 2.30. The number of nitro benzene ring substituents is 1. The Morgan fingerprint density at radius 1 is 1.47 bits per heavy atom. The lowest BCUT2D eigenvalue weighted by molar-refractivity contribution is -0.385. The zero-order valence-corrected chi connectivity index (χ0v) is 12.3. The smallest absolute Gasteiger partial charge is 0.264 e. The van der Waals surface area contributed by atoms with Gasteiger partial charge in [-0.2, -0.15) is 5.10 Å². The molecular weight excluding hydrogens is 338 g/mol. The van der Waals surface area contributed by atoms with E-state index in [4.69, 9.17) is 0 Å². The third-order valence-corrected chi connectivity index (χ3v) is 4.14. The Labute approximate surface area is 117 Å². The fourth-order valence-corrected chi connectivity index (χ4v) is 2.64. The number of benzene rings is 1. The minimum absolute atomic E-state index is 0.0294. The van der Waals surface area contributed by atoms with E-state index in [0.717, 1.165) is 6.26 Å². The molecule has 0 unspecified atom stereocenters. The Hall–Kier alpha value is -1.48. The fourth-order valence-electron chi connectivity index (χ4n) is 1.66. The molecule has 9 heteroatoms. The van der Waals surface area contributed by atoms with Crippen LogP contribution in [0.3, 0.4) is 0 Å². The molecule has 7 nitrogen and oxygen atoms in total. The second-order valence-electron chi connectivity index (χ2n) is 4.12. The Morgan fingerprint density at radius 2 is 2.16 bits per heavy atom. The number of nitrogens with zero attached hydrogens (tertiary/aromatic N) is 3. The van der Waals surface area contributed by atoms with Crippen molar-refractivity contribution in [2.45, 2.75) is 6.54 Å². The van der Waals surface area contributed by atoms with Crippen molar-refractivity contribution in [1.82, 2.24) is 9.78 Å². The Bertz CT molecular complexity index is 753. The Kier molecular flexibility index (Phi) is 3.59. The summed E-state index contributed by atoms with van der Waals surface area (Å²) in [4.78, 5) is 10.3. The number of aromatic nitrogens is 2. The van der Waals surface area contributed by atoms with Crippen LogP contribution < -0.4 is 0 Å². The third-order valence-electron chi connectivity index (χ3n) is 2.58. The second kappa shape index (κ2) is 4.89. The van der Waals surface area contributed by atoms with Crippen molar-refractivity contribution in [2.75, 3.05) is 12.0 Å². The summed E-state index contributed by atoms with van der Waals surface area (Å²) >= 11 is 3.13.